The van der Waals surface area contributed by atoms with Crippen molar-refractivity contribution in [2.24, 2.45) is 0 Å². The van der Waals surface area contributed by atoms with Gasteiger partial charge in [0.25, 0.3) is 0 Å². The second-order valence-corrected chi connectivity index (χ2v) is 9.27. The number of oxazole rings is 1. The van der Waals surface area contributed by atoms with E-state index in [0.29, 0.717) is 55.0 Å². The minimum absolute atomic E-state index is 0.0839. The Labute approximate surface area is 203 Å². The maximum absolute atomic E-state index is 12.6. The van der Waals surface area contributed by atoms with Gasteiger partial charge in [-0.05, 0) is 63.4 Å². The third-order valence-electron chi connectivity index (χ3n) is 5.20. The van der Waals surface area contributed by atoms with Crippen LogP contribution in [0.3, 0.4) is 0 Å². The van der Waals surface area contributed by atoms with Crippen molar-refractivity contribution in [3.05, 3.63) is 65.0 Å². The first-order valence-electron chi connectivity index (χ1n) is 11.4. The summed E-state index contributed by atoms with van der Waals surface area (Å²) >= 11 is 0. The maximum atomic E-state index is 12.6. The van der Waals surface area contributed by atoms with Gasteiger partial charge >= 0.3 is 0 Å². The number of benzene rings is 2. The second-order valence-electron chi connectivity index (χ2n) is 7.81. The van der Waals surface area contributed by atoms with Crippen molar-refractivity contribution in [1.82, 2.24) is 10.3 Å². The highest BCUT2D eigenvalue weighted by atomic mass is 32.2. The lowest BCUT2D eigenvalue weighted by atomic mass is 10.1. The van der Waals surface area contributed by atoms with E-state index >= 15 is 0 Å². The molecule has 0 aliphatic carbocycles. The monoisotopic (exact) mass is 484 g/mol. The van der Waals surface area contributed by atoms with Gasteiger partial charge in [-0.3, -0.25) is 9.00 Å². The highest BCUT2D eigenvalue weighted by Crippen LogP contribution is 2.29. The lowest BCUT2D eigenvalue weighted by Crippen LogP contribution is -2.30. The van der Waals surface area contributed by atoms with Gasteiger partial charge in [0.05, 0.1) is 24.7 Å². The zero-order chi connectivity index (χ0) is 24.5. The van der Waals surface area contributed by atoms with Crippen LogP contribution in [-0.2, 0) is 27.8 Å². The Balaban J connectivity index is 1.50. The van der Waals surface area contributed by atoms with Crippen LogP contribution in [0.25, 0.3) is 11.5 Å². The third-order valence-corrected chi connectivity index (χ3v) is 6.38. The number of amides is 1. The summed E-state index contributed by atoms with van der Waals surface area (Å²) in [5.74, 6) is 2.37. The molecular formula is C26H32N2O5S. The van der Waals surface area contributed by atoms with E-state index in [1.807, 2.05) is 63.2 Å². The molecule has 1 heterocycles. The third kappa shape index (κ3) is 6.93. The Morgan fingerprint density at radius 2 is 1.79 bits per heavy atom. The zero-order valence-corrected chi connectivity index (χ0v) is 21.0. The average Bonchev–Trinajstić information content (AvgIpc) is 3.15. The standard InChI is InChI=1S/C26H32N2O5S/c1-5-31-23-12-11-20(15-24(23)32-6-2)13-14-27-25(29)17-34(30)16-22-19(4)33-26(28-22)21-10-8-7-9-18(21)3/h7-12,15H,5-6,13-14,16-17H2,1-4H3,(H,27,29)/t34-/m0/s1. The number of aromatic nitrogens is 1. The smallest absolute Gasteiger partial charge is 0.232 e. The predicted molar refractivity (Wildman–Crippen MR) is 134 cm³/mol. The van der Waals surface area contributed by atoms with Crippen LogP contribution in [0.4, 0.5) is 0 Å². The van der Waals surface area contributed by atoms with Crippen LogP contribution in [0.2, 0.25) is 0 Å². The Morgan fingerprint density at radius 1 is 1.06 bits per heavy atom. The van der Waals surface area contributed by atoms with Crippen LogP contribution in [0.1, 0.15) is 36.4 Å². The molecule has 1 N–H and O–H groups in total. The molecule has 7 nitrogen and oxygen atoms in total. The number of nitrogens with one attached hydrogen (secondary N) is 1. The minimum Gasteiger partial charge on any atom is -0.490 e. The van der Waals surface area contributed by atoms with E-state index in [1.165, 1.54) is 0 Å². The number of aryl methyl sites for hydroxylation is 2. The molecule has 1 aromatic heterocycles. The fourth-order valence-electron chi connectivity index (χ4n) is 3.49. The van der Waals surface area contributed by atoms with Gasteiger partial charge < -0.3 is 19.2 Å². The molecule has 34 heavy (non-hydrogen) atoms. The number of carbonyl (C=O) groups excluding carboxylic acids is 1. The van der Waals surface area contributed by atoms with Gasteiger partial charge in [-0.25, -0.2) is 4.98 Å². The number of hydrogen-bond donors (Lipinski definition) is 1. The molecule has 0 saturated carbocycles. The molecule has 8 heteroatoms. The minimum atomic E-state index is -1.39. The van der Waals surface area contributed by atoms with E-state index in [0.717, 1.165) is 16.7 Å². The van der Waals surface area contributed by atoms with E-state index in [4.69, 9.17) is 13.9 Å². The van der Waals surface area contributed by atoms with E-state index in [2.05, 4.69) is 10.3 Å². The summed E-state index contributed by atoms with van der Waals surface area (Å²) in [6.07, 6.45) is 0.632. The lowest BCUT2D eigenvalue weighted by molar-refractivity contribution is -0.118. The number of rotatable bonds is 12. The summed E-state index contributed by atoms with van der Waals surface area (Å²) in [6, 6.07) is 13.6. The summed E-state index contributed by atoms with van der Waals surface area (Å²) in [7, 11) is -1.39. The Bertz CT molecular complexity index is 1140. The van der Waals surface area contributed by atoms with Crippen molar-refractivity contribution in [2.45, 2.75) is 39.9 Å². The molecule has 0 spiro atoms. The van der Waals surface area contributed by atoms with Crippen molar-refractivity contribution in [2.75, 3.05) is 25.5 Å². The van der Waals surface area contributed by atoms with Crippen LogP contribution in [0.15, 0.2) is 46.9 Å². The molecule has 2 aromatic carbocycles. The largest absolute Gasteiger partial charge is 0.490 e. The first-order chi connectivity index (χ1) is 16.4. The molecule has 1 amide bonds. The van der Waals surface area contributed by atoms with E-state index < -0.39 is 10.8 Å². The summed E-state index contributed by atoms with van der Waals surface area (Å²) in [4.78, 5) is 16.8. The van der Waals surface area contributed by atoms with Crippen molar-refractivity contribution < 1.29 is 22.9 Å². The number of carbonyl (C=O) groups is 1. The van der Waals surface area contributed by atoms with Crippen LogP contribution in [0.5, 0.6) is 11.5 Å². The molecule has 0 fully saturated rings. The summed E-state index contributed by atoms with van der Waals surface area (Å²) in [6.45, 7) is 9.19. The lowest BCUT2D eigenvalue weighted by Gasteiger charge is -2.12. The quantitative estimate of drug-likeness (QED) is 0.411. The molecule has 1 atom stereocenters. The Hall–Kier alpha value is -3.13. The SMILES string of the molecule is CCOc1ccc(CCNC(=O)C[S@@](=O)Cc2nc(-c3ccccc3C)oc2C)cc1OCC. The first kappa shape index (κ1) is 25.5. The van der Waals surface area contributed by atoms with Gasteiger partial charge in [0, 0.05) is 22.9 Å². The fourth-order valence-corrected chi connectivity index (χ4v) is 4.56. The highest BCUT2D eigenvalue weighted by Gasteiger charge is 2.17. The zero-order valence-electron chi connectivity index (χ0n) is 20.2. The van der Waals surface area contributed by atoms with Gasteiger partial charge in [0.15, 0.2) is 11.5 Å². The molecule has 3 rings (SSSR count). The van der Waals surface area contributed by atoms with Crippen LogP contribution >= 0.6 is 0 Å². The number of nitrogens with zero attached hydrogens (tertiary/aromatic N) is 1. The first-order valence-corrected chi connectivity index (χ1v) is 12.9. The van der Waals surface area contributed by atoms with E-state index in [1.54, 1.807) is 6.92 Å². The van der Waals surface area contributed by atoms with Crippen molar-refractivity contribution in [3.63, 3.8) is 0 Å². The second kappa shape index (κ2) is 12.4. The van der Waals surface area contributed by atoms with Crippen molar-refractivity contribution >= 4 is 16.7 Å². The van der Waals surface area contributed by atoms with Gasteiger partial charge in [-0.1, -0.05) is 24.3 Å². The molecular weight excluding hydrogens is 452 g/mol. The highest BCUT2D eigenvalue weighted by molar-refractivity contribution is 7.84. The van der Waals surface area contributed by atoms with Crippen LogP contribution in [0, 0.1) is 13.8 Å². The molecule has 182 valence electrons. The molecule has 0 saturated heterocycles. The molecule has 0 aliphatic rings. The molecule has 0 aliphatic heterocycles. The summed E-state index contributed by atoms with van der Waals surface area (Å²) < 4.78 is 29.6. The van der Waals surface area contributed by atoms with E-state index in [-0.39, 0.29) is 17.4 Å². The molecule has 0 unspecified atom stereocenters. The van der Waals surface area contributed by atoms with Gasteiger partial charge in [-0.15, -0.1) is 0 Å². The van der Waals surface area contributed by atoms with Crippen molar-refractivity contribution in [1.29, 1.82) is 0 Å². The maximum Gasteiger partial charge on any atom is 0.232 e. The Morgan fingerprint density at radius 3 is 2.53 bits per heavy atom. The molecule has 3 aromatic rings. The summed E-state index contributed by atoms with van der Waals surface area (Å²) in [5, 5.41) is 2.84. The molecule has 0 radical (unpaired) electrons. The van der Waals surface area contributed by atoms with Crippen LogP contribution in [-0.4, -0.2) is 40.6 Å². The Kier molecular flexibility index (Phi) is 9.27. The summed E-state index contributed by atoms with van der Waals surface area (Å²) in [5.41, 5.74) is 3.59. The number of hydrogen-bond acceptors (Lipinski definition) is 6. The average molecular weight is 485 g/mol. The van der Waals surface area contributed by atoms with Crippen molar-refractivity contribution in [3.8, 4) is 23.0 Å². The van der Waals surface area contributed by atoms with Crippen LogP contribution < -0.4 is 14.8 Å². The van der Waals surface area contributed by atoms with E-state index in [9.17, 15) is 9.00 Å². The topological polar surface area (TPSA) is 90.7 Å². The predicted octanol–water partition coefficient (Wildman–Crippen LogP) is 4.36. The van der Waals surface area contributed by atoms with Gasteiger partial charge in [0.1, 0.15) is 11.5 Å². The van der Waals surface area contributed by atoms with Gasteiger partial charge in [0.2, 0.25) is 11.8 Å². The molecule has 0 bridgehead atoms. The normalized spacial score (nSPS) is 11.8. The van der Waals surface area contributed by atoms with Gasteiger partial charge in [-0.2, -0.15) is 0 Å². The fraction of sp³-hybridized carbons (Fsp3) is 0.385. The number of ether oxygens (including phenoxy) is 2.